The van der Waals surface area contributed by atoms with Crippen molar-refractivity contribution in [2.24, 2.45) is 5.92 Å². The van der Waals surface area contributed by atoms with Crippen molar-refractivity contribution in [2.75, 3.05) is 62.8 Å². The second kappa shape index (κ2) is 10.2. The van der Waals surface area contributed by atoms with Gasteiger partial charge in [0.2, 0.25) is 11.9 Å². The second-order valence-corrected chi connectivity index (χ2v) is 9.63. The molecule has 0 radical (unpaired) electrons. The molecule has 0 unspecified atom stereocenters. The molecule has 0 aliphatic carbocycles. The van der Waals surface area contributed by atoms with Crippen LogP contribution in [-0.4, -0.2) is 73.8 Å². The van der Waals surface area contributed by atoms with Crippen LogP contribution < -0.4 is 14.5 Å². The molecule has 5 rings (SSSR count). The Labute approximate surface area is 201 Å². The summed E-state index contributed by atoms with van der Waals surface area (Å²) >= 11 is 0. The number of nitrogens with zero attached hydrogens (tertiary/aromatic N) is 5. The maximum Gasteiger partial charge on any atom is 0.227 e. The summed E-state index contributed by atoms with van der Waals surface area (Å²) < 4.78 is 10.8. The van der Waals surface area contributed by atoms with Gasteiger partial charge in [0.1, 0.15) is 11.6 Å². The summed E-state index contributed by atoms with van der Waals surface area (Å²) in [7, 11) is 1.65. The molecule has 3 aliphatic rings. The van der Waals surface area contributed by atoms with Gasteiger partial charge in [0, 0.05) is 44.7 Å². The molecule has 2 fully saturated rings. The van der Waals surface area contributed by atoms with Crippen LogP contribution in [0, 0.1) is 5.92 Å². The lowest BCUT2D eigenvalue weighted by atomic mass is 9.99. The van der Waals surface area contributed by atoms with E-state index in [9.17, 15) is 4.79 Å². The third kappa shape index (κ3) is 4.97. The number of carbonyl (C=O) groups is 1. The molecular formula is C26H35N5O3. The minimum absolute atomic E-state index is 0.137. The molecule has 1 aromatic carbocycles. The zero-order chi connectivity index (χ0) is 23.5. The first kappa shape index (κ1) is 22.9. The average molecular weight is 466 g/mol. The summed E-state index contributed by atoms with van der Waals surface area (Å²) in [5.41, 5.74) is 3.19. The molecule has 8 nitrogen and oxygen atoms in total. The molecule has 34 heavy (non-hydrogen) atoms. The number of anilines is 2. The van der Waals surface area contributed by atoms with Crippen LogP contribution in [-0.2, 0) is 28.9 Å². The lowest BCUT2D eigenvalue weighted by Gasteiger charge is -2.36. The highest BCUT2D eigenvalue weighted by atomic mass is 16.5. The van der Waals surface area contributed by atoms with Crippen LogP contribution in [0.2, 0.25) is 0 Å². The van der Waals surface area contributed by atoms with Crippen molar-refractivity contribution in [1.82, 2.24) is 14.9 Å². The number of ether oxygens (including phenoxy) is 2. The lowest BCUT2D eigenvalue weighted by Crippen LogP contribution is -2.42. The molecule has 1 aromatic heterocycles. The SMILES string of the molecule is COc1ccc(CC(=O)N2CCc3nc(N4CCC(C)CC4)nc(N4CCOCC4)c3C2)cc1. The summed E-state index contributed by atoms with van der Waals surface area (Å²) in [5.74, 6) is 3.54. The molecule has 3 aliphatic heterocycles. The Bertz CT molecular complexity index is 998. The van der Waals surface area contributed by atoms with E-state index in [0.29, 0.717) is 32.7 Å². The van der Waals surface area contributed by atoms with Crippen molar-refractivity contribution in [3.8, 4) is 5.75 Å². The summed E-state index contributed by atoms with van der Waals surface area (Å²) in [6, 6.07) is 7.73. The van der Waals surface area contributed by atoms with Gasteiger partial charge in [-0.3, -0.25) is 4.79 Å². The Morgan fingerprint density at radius 2 is 1.76 bits per heavy atom. The zero-order valence-corrected chi connectivity index (χ0v) is 20.3. The number of benzene rings is 1. The normalized spacial score (nSPS) is 19.2. The molecule has 2 saturated heterocycles. The van der Waals surface area contributed by atoms with Crippen molar-refractivity contribution in [1.29, 1.82) is 0 Å². The first-order valence-corrected chi connectivity index (χ1v) is 12.5. The average Bonchev–Trinajstić information content (AvgIpc) is 2.89. The van der Waals surface area contributed by atoms with E-state index in [2.05, 4.69) is 16.7 Å². The van der Waals surface area contributed by atoms with Gasteiger partial charge in [-0.15, -0.1) is 0 Å². The monoisotopic (exact) mass is 465 g/mol. The highest BCUT2D eigenvalue weighted by Gasteiger charge is 2.30. The fourth-order valence-electron chi connectivity index (χ4n) is 5.01. The van der Waals surface area contributed by atoms with E-state index in [1.54, 1.807) is 7.11 Å². The number of piperidine rings is 1. The summed E-state index contributed by atoms with van der Waals surface area (Å²) in [4.78, 5) is 29.9. The minimum atomic E-state index is 0.137. The molecule has 2 aromatic rings. The predicted octanol–water partition coefficient (Wildman–Crippen LogP) is 2.69. The smallest absolute Gasteiger partial charge is 0.227 e. The van der Waals surface area contributed by atoms with Crippen LogP contribution in [0.3, 0.4) is 0 Å². The van der Waals surface area contributed by atoms with Gasteiger partial charge >= 0.3 is 0 Å². The summed E-state index contributed by atoms with van der Waals surface area (Å²) in [6.07, 6.45) is 3.51. The maximum atomic E-state index is 13.2. The number of fused-ring (bicyclic) bond motifs is 1. The lowest BCUT2D eigenvalue weighted by molar-refractivity contribution is -0.131. The van der Waals surface area contributed by atoms with Gasteiger partial charge < -0.3 is 24.2 Å². The Morgan fingerprint density at radius 1 is 1.03 bits per heavy atom. The minimum Gasteiger partial charge on any atom is -0.497 e. The number of methoxy groups -OCH3 is 1. The van der Waals surface area contributed by atoms with Gasteiger partial charge in [-0.1, -0.05) is 19.1 Å². The van der Waals surface area contributed by atoms with Crippen LogP contribution in [0.1, 0.15) is 36.6 Å². The van der Waals surface area contributed by atoms with Crippen molar-refractivity contribution in [2.45, 2.75) is 39.2 Å². The summed E-state index contributed by atoms with van der Waals surface area (Å²) in [6.45, 7) is 8.64. The van der Waals surface area contributed by atoms with Crippen LogP contribution in [0.5, 0.6) is 5.75 Å². The van der Waals surface area contributed by atoms with Gasteiger partial charge in [0.25, 0.3) is 0 Å². The van der Waals surface area contributed by atoms with E-state index in [4.69, 9.17) is 19.4 Å². The number of hydrogen-bond acceptors (Lipinski definition) is 7. The van der Waals surface area contributed by atoms with Crippen LogP contribution >= 0.6 is 0 Å². The number of rotatable bonds is 5. The Hall–Kier alpha value is -2.87. The van der Waals surface area contributed by atoms with E-state index in [1.165, 1.54) is 12.8 Å². The molecule has 0 atom stereocenters. The Morgan fingerprint density at radius 3 is 2.47 bits per heavy atom. The quantitative estimate of drug-likeness (QED) is 0.672. The number of amides is 1. The fourth-order valence-corrected chi connectivity index (χ4v) is 5.01. The molecule has 1 amide bonds. The van der Waals surface area contributed by atoms with Crippen molar-refractivity contribution in [3.63, 3.8) is 0 Å². The van der Waals surface area contributed by atoms with Crippen molar-refractivity contribution < 1.29 is 14.3 Å². The van der Waals surface area contributed by atoms with Crippen LogP contribution in [0.25, 0.3) is 0 Å². The van der Waals surface area contributed by atoms with Gasteiger partial charge in [-0.2, -0.15) is 4.98 Å². The standard InChI is InChI=1S/C26H35N5O3/c1-19-7-10-30(11-8-19)26-27-23-9-12-31(24(32)17-20-3-5-21(33-2)6-4-20)18-22(23)25(28-26)29-13-15-34-16-14-29/h3-6,19H,7-18H2,1-2H3. The zero-order valence-electron chi connectivity index (χ0n) is 20.3. The third-order valence-electron chi connectivity index (χ3n) is 7.27. The van der Waals surface area contributed by atoms with E-state index < -0.39 is 0 Å². The topological polar surface area (TPSA) is 71.0 Å². The van der Waals surface area contributed by atoms with Gasteiger partial charge in [-0.05, 0) is 36.5 Å². The number of aromatic nitrogens is 2. The van der Waals surface area contributed by atoms with Crippen LogP contribution in [0.15, 0.2) is 24.3 Å². The van der Waals surface area contributed by atoms with Crippen LogP contribution in [0.4, 0.5) is 11.8 Å². The Balaban J connectivity index is 1.38. The fraction of sp³-hybridized carbons (Fsp3) is 0.577. The van der Waals surface area contributed by atoms with E-state index in [1.807, 2.05) is 29.2 Å². The van der Waals surface area contributed by atoms with Crippen molar-refractivity contribution in [3.05, 3.63) is 41.1 Å². The Kier molecular flexibility index (Phi) is 6.85. The number of carbonyl (C=O) groups excluding carboxylic acids is 1. The first-order valence-electron chi connectivity index (χ1n) is 12.5. The van der Waals surface area contributed by atoms with Gasteiger partial charge in [-0.25, -0.2) is 4.98 Å². The number of morpholine rings is 1. The molecule has 4 heterocycles. The molecular weight excluding hydrogens is 430 g/mol. The molecule has 8 heteroatoms. The molecule has 0 spiro atoms. The van der Waals surface area contributed by atoms with Gasteiger partial charge in [0.15, 0.2) is 0 Å². The highest BCUT2D eigenvalue weighted by molar-refractivity contribution is 5.79. The largest absolute Gasteiger partial charge is 0.497 e. The van der Waals surface area contributed by atoms with Gasteiger partial charge in [0.05, 0.1) is 39.0 Å². The summed E-state index contributed by atoms with van der Waals surface area (Å²) in [5, 5.41) is 0. The maximum absolute atomic E-state index is 13.2. The molecule has 0 bridgehead atoms. The molecule has 0 N–H and O–H groups in total. The highest BCUT2D eigenvalue weighted by Crippen LogP contribution is 2.31. The third-order valence-corrected chi connectivity index (χ3v) is 7.27. The first-order chi connectivity index (χ1) is 16.6. The molecule has 182 valence electrons. The van der Waals surface area contributed by atoms with E-state index >= 15 is 0 Å². The predicted molar refractivity (Wildman–Crippen MR) is 131 cm³/mol. The number of hydrogen-bond donors (Lipinski definition) is 0. The second-order valence-electron chi connectivity index (χ2n) is 9.63. The van der Waals surface area contributed by atoms with Crippen molar-refractivity contribution >= 4 is 17.7 Å². The molecule has 0 saturated carbocycles. The van der Waals surface area contributed by atoms with E-state index in [-0.39, 0.29) is 5.91 Å². The van der Waals surface area contributed by atoms with E-state index in [0.717, 1.165) is 72.9 Å².